The average molecular weight is 238 g/mol. The lowest BCUT2D eigenvalue weighted by Crippen LogP contribution is -2.38. The topological polar surface area (TPSA) is 58.9 Å². The van der Waals surface area contributed by atoms with E-state index in [2.05, 4.69) is 29.6 Å². The largest absolute Gasteiger partial charge is 0.355 e. The molecule has 0 unspecified atom stereocenters. The maximum absolute atomic E-state index is 11.6. The molecule has 1 heterocycles. The number of carbonyl (C=O) groups is 1. The first-order chi connectivity index (χ1) is 8.11. The second-order valence-corrected chi connectivity index (χ2v) is 4.29. The maximum Gasteiger partial charge on any atom is 0.220 e. The Balaban J connectivity index is 2.17. The first-order valence-electron chi connectivity index (χ1n) is 6.09. The molecule has 1 aromatic heterocycles. The predicted molar refractivity (Wildman–Crippen MR) is 67.7 cm³/mol. The molecule has 1 amide bonds. The van der Waals surface area contributed by atoms with Crippen molar-refractivity contribution in [1.29, 1.82) is 0 Å². The summed E-state index contributed by atoms with van der Waals surface area (Å²) in [6.45, 7) is 5.72. The van der Waals surface area contributed by atoms with E-state index in [4.69, 9.17) is 0 Å². The fourth-order valence-corrected chi connectivity index (χ4v) is 1.63. The standard InChI is InChI=1S/C12H22N4O/c1-4-13-10(2)7-14-12(17)6-5-11-8-15-16(3)9-11/h8-10,13H,4-7H2,1-3H3,(H,14,17)/t10-/m1/s1. The molecule has 0 aliphatic rings. The highest BCUT2D eigenvalue weighted by Crippen LogP contribution is 2.00. The molecule has 0 fully saturated rings. The second-order valence-electron chi connectivity index (χ2n) is 4.29. The van der Waals surface area contributed by atoms with Gasteiger partial charge >= 0.3 is 0 Å². The first-order valence-corrected chi connectivity index (χ1v) is 6.09. The summed E-state index contributed by atoms with van der Waals surface area (Å²) < 4.78 is 1.75. The summed E-state index contributed by atoms with van der Waals surface area (Å²) in [5, 5.41) is 10.2. The molecule has 5 heteroatoms. The molecule has 0 spiro atoms. The Bertz CT molecular complexity index is 348. The van der Waals surface area contributed by atoms with E-state index in [0.29, 0.717) is 19.0 Å². The van der Waals surface area contributed by atoms with Gasteiger partial charge in [0.25, 0.3) is 0 Å². The van der Waals surface area contributed by atoms with Crippen LogP contribution in [0.15, 0.2) is 12.4 Å². The smallest absolute Gasteiger partial charge is 0.220 e. The third-order valence-corrected chi connectivity index (χ3v) is 2.56. The molecule has 0 aliphatic heterocycles. The van der Waals surface area contributed by atoms with Crippen molar-refractivity contribution in [3.05, 3.63) is 18.0 Å². The lowest BCUT2D eigenvalue weighted by atomic mass is 10.2. The van der Waals surface area contributed by atoms with Crippen LogP contribution in [0.1, 0.15) is 25.8 Å². The molecule has 0 saturated carbocycles. The van der Waals surface area contributed by atoms with Gasteiger partial charge in [-0.1, -0.05) is 6.92 Å². The van der Waals surface area contributed by atoms with E-state index in [1.54, 1.807) is 10.9 Å². The summed E-state index contributed by atoms with van der Waals surface area (Å²) >= 11 is 0. The Morgan fingerprint density at radius 2 is 2.35 bits per heavy atom. The Kier molecular flexibility index (Phi) is 5.69. The van der Waals surface area contributed by atoms with Crippen molar-refractivity contribution in [2.24, 2.45) is 7.05 Å². The van der Waals surface area contributed by atoms with Crippen LogP contribution in [-0.4, -0.2) is 34.8 Å². The monoisotopic (exact) mass is 238 g/mol. The van der Waals surface area contributed by atoms with Gasteiger partial charge in [-0.05, 0) is 25.5 Å². The minimum absolute atomic E-state index is 0.0959. The van der Waals surface area contributed by atoms with Gasteiger partial charge in [0.2, 0.25) is 5.91 Å². The SMILES string of the molecule is CCN[C@H](C)CNC(=O)CCc1cnn(C)c1. The van der Waals surface area contributed by atoms with Gasteiger partial charge in [0, 0.05) is 32.3 Å². The molecule has 96 valence electrons. The third kappa shape index (κ3) is 5.49. The molecule has 2 N–H and O–H groups in total. The van der Waals surface area contributed by atoms with Crippen molar-refractivity contribution >= 4 is 5.91 Å². The Hall–Kier alpha value is -1.36. The van der Waals surface area contributed by atoms with E-state index in [0.717, 1.165) is 18.5 Å². The number of rotatable bonds is 7. The zero-order chi connectivity index (χ0) is 12.7. The number of likely N-dealkylation sites (N-methyl/N-ethyl adjacent to an activating group) is 1. The van der Waals surface area contributed by atoms with Crippen LogP contribution in [0.4, 0.5) is 0 Å². The van der Waals surface area contributed by atoms with Crippen molar-refractivity contribution in [2.75, 3.05) is 13.1 Å². The van der Waals surface area contributed by atoms with Crippen LogP contribution in [0.2, 0.25) is 0 Å². The number of aryl methyl sites for hydroxylation is 2. The molecule has 1 rings (SSSR count). The normalized spacial score (nSPS) is 12.4. The van der Waals surface area contributed by atoms with Crippen LogP contribution in [0.5, 0.6) is 0 Å². The first kappa shape index (κ1) is 13.7. The molecule has 5 nitrogen and oxygen atoms in total. The third-order valence-electron chi connectivity index (χ3n) is 2.56. The van der Waals surface area contributed by atoms with Crippen molar-refractivity contribution in [3.8, 4) is 0 Å². The molecule has 0 aromatic carbocycles. The second kappa shape index (κ2) is 7.06. The fraction of sp³-hybridized carbons (Fsp3) is 0.667. The minimum Gasteiger partial charge on any atom is -0.355 e. The van der Waals surface area contributed by atoms with Crippen molar-refractivity contribution in [2.45, 2.75) is 32.7 Å². The number of nitrogens with zero attached hydrogens (tertiary/aromatic N) is 2. The predicted octanol–water partition coefficient (Wildman–Crippen LogP) is 0.467. The number of hydrogen-bond donors (Lipinski definition) is 2. The summed E-state index contributed by atoms with van der Waals surface area (Å²) in [5.41, 5.74) is 1.10. The molecular formula is C12H22N4O. The minimum atomic E-state index is 0.0959. The van der Waals surface area contributed by atoms with Gasteiger partial charge in [-0.3, -0.25) is 9.48 Å². The van der Waals surface area contributed by atoms with Crippen molar-refractivity contribution < 1.29 is 4.79 Å². The Morgan fingerprint density at radius 1 is 1.59 bits per heavy atom. The van der Waals surface area contributed by atoms with Crippen LogP contribution in [-0.2, 0) is 18.3 Å². The van der Waals surface area contributed by atoms with E-state index in [1.807, 2.05) is 13.2 Å². The highest BCUT2D eigenvalue weighted by atomic mass is 16.1. The molecule has 17 heavy (non-hydrogen) atoms. The summed E-state index contributed by atoms with van der Waals surface area (Å²) in [5.74, 6) is 0.0959. The Morgan fingerprint density at radius 3 is 2.94 bits per heavy atom. The van der Waals surface area contributed by atoms with Gasteiger partial charge in [-0.2, -0.15) is 5.10 Å². The molecule has 0 bridgehead atoms. The number of carbonyl (C=O) groups excluding carboxylic acids is 1. The van der Waals surface area contributed by atoms with E-state index in [9.17, 15) is 4.79 Å². The fourth-order valence-electron chi connectivity index (χ4n) is 1.63. The highest BCUT2D eigenvalue weighted by Gasteiger charge is 2.05. The van der Waals surface area contributed by atoms with Gasteiger partial charge in [-0.15, -0.1) is 0 Å². The van der Waals surface area contributed by atoms with E-state index >= 15 is 0 Å². The number of hydrogen-bond acceptors (Lipinski definition) is 3. The van der Waals surface area contributed by atoms with E-state index in [1.165, 1.54) is 0 Å². The van der Waals surface area contributed by atoms with Gasteiger partial charge < -0.3 is 10.6 Å². The maximum atomic E-state index is 11.6. The quantitative estimate of drug-likeness (QED) is 0.726. The molecule has 1 aromatic rings. The van der Waals surface area contributed by atoms with Gasteiger partial charge in [-0.25, -0.2) is 0 Å². The molecule has 0 aliphatic carbocycles. The van der Waals surface area contributed by atoms with E-state index < -0.39 is 0 Å². The molecule has 0 radical (unpaired) electrons. The lowest BCUT2D eigenvalue weighted by Gasteiger charge is -2.12. The van der Waals surface area contributed by atoms with Gasteiger partial charge in [0.1, 0.15) is 0 Å². The van der Waals surface area contributed by atoms with Crippen LogP contribution >= 0.6 is 0 Å². The lowest BCUT2D eigenvalue weighted by molar-refractivity contribution is -0.121. The summed E-state index contributed by atoms with van der Waals surface area (Å²) in [7, 11) is 1.88. The summed E-state index contributed by atoms with van der Waals surface area (Å²) in [6.07, 6.45) is 5.00. The highest BCUT2D eigenvalue weighted by molar-refractivity contribution is 5.76. The van der Waals surface area contributed by atoms with Crippen LogP contribution in [0.25, 0.3) is 0 Å². The Labute approximate surface area is 103 Å². The summed E-state index contributed by atoms with van der Waals surface area (Å²) in [4.78, 5) is 11.6. The average Bonchev–Trinajstić information content (AvgIpc) is 2.70. The van der Waals surface area contributed by atoms with Crippen LogP contribution < -0.4 is 10.6 Å². The number of amides is 1. The summed E-state index contributed by atoms with van der Waals surface area (Å²) in [6, 6.07) is 0.322. The van der Waals surface area contributed by atoms with Gasteiger partial charge in [0.15, 0.2) is 0 Å². The number of aromatic nitrogens is 2. The van der Waals surface area contributed by atoms with Crippen LogP contribution in [0.3, 0.4) is 0 Å². The molecular weight excluding hydrogens is 216 g/mol. The van der Waals surface area contributed by atoms with Crippen molar-refractivity contribution in [1.82, 2.24) is 20.4 Å². The molecule has 1 atom stereocenters. The zero-order valence-electron chi connectivity index (χ0n) is 10.9. The van der Waals surface area contributed by atoms with E-state index in [-0.39, 0.29) is 5.91 Å². The zero-order valence-corrected chi connectivity index (χ0v) is 10.9. The van der Waals surface area contributed by atoms with Gasteiger partial charge in [0.05, 0.1) is 6.20 Å². The van der Waals surface area contributed by atoms with Crippen LogP contribution in [0, 0.1) is 0 Å². The molecule has 0 saturated heterocycles. The number of nitrogens with one attached hydrogen (secondary N) is 2. The van der Waals surface area contributed by atoms with Crippen molar-refractivity contribution in [3.63, 3.8) is 0 Å².